The molecule has 156 valence electrons. The van der Waals surface area contributed by atoms with E-state index in [9.17, 15) is 9.59 Å². The van der Waals surface area contributed by atoms with Crippen LogP contribution in [0.3, 0.4) is 0 Å². The molecule has 0 spiro atoms. The van der Waals surface area contributed by atoms with E-state index in [2.05, 4.69) is 0 Å². The lowest BCUT2D eigenvalue weighted by Crippen LogP contribution is -2.33. The van der Waals surface area contributed by atoms with E-state index in [0.717, 1.165) is 5.56 Å². The van der Waals surface area contributed by atoms with Gasteiger partial charge in [0, 0.05) is 7.05 Å². The Morgan fingerprint density at radius 2 is 1.76 bits per heavy atom. The molecule has 2 rings (SSSR count). The predicted octanol–water partition coefficient (Wildman–Crippen LogP) is 4.51. The second kappa shape index (κ2) is 10.2. The molecule has 0 aliphatic heterocycles. The highest BCUT2D eigenvalue weighted by atomic mass is 35.5. The number of esters is 1. The van der Waals surface area contributed by atoms with Crippen molar-refractivity contribution in [3.63, 3.8) is 0 Å². The summed E-state index contributed by atoms with van der Waals surface area (Å²) in [5, 5.41) is 0.228. The molecule has 0 unspecified atom stereocenters. The van der Waals surface area contributed by atoms with Gasteiger partial charge in [0.1, 0.15) is 0 Å². The number of nitrogens with zero attached hydrogens (tertiary/aromatic N) is 1. The molecule has 0 N–H and O–H groups in total. The van der Waals surface area contributed by atoms with Crippen molar-refractivity contribution in [2.45, 2.75) is 32.9 Å². The summed E-state index contributed by atoms with van der Waals surface area (Å²) in [6.07, 6.45) is -0.112. The van der Waals surface area contributed by atoms with Crippen molar-refractivity contribution in [3.05, 3.63) is 58.6 Å². The first-order chi connectivity index (χ1) is 13.7. The lowest BCUT2D eigenvalue weighted by atomic mass is 10.1. The Morgan fingerprint density at radius 1 is 1.10 bits per heavy atom. The second-order valence-electron chi connectivity index (χ2n) is 6.82. The number of benzene rings is 2. The maximum Gasteiger partial charge on any atom is 0.338 e. The van der Waals surface area contributed by atoms with Gasteiger partial charge in [0.2, 0.25) is 0 Å². The largest absolute Gasteiger partial charge is 0.493 e. The van der Waals surface area contributed by atoms with Gasteiger partial charge in [-0.05, 0) is 38.5 Å². The normalized spacial score (nSPS) is 11.7. The van der Waals surface area contributed by atoms with Crippen LogP contribution in [0, 0.1) is 0 Å². The minimum absolute atomic E-state index is 0.112. The molecule has 7 heteroatoms. The third-order valence-electron chi connectivity index (χ3n) is 4.40. The molecule has 2 aromatic rings. The van der Waals surface area contributed by atoms with Gasteiger partial charge in [-0.15, -0.1) is 0 Å². The Labute approximate surface area is 176 Å². The van der Waals surface area contributed by atoms with Crippen molar-refractivity contribution >= 4 is 23.5 Å². The minimum atomic E-state index is -0.671. The van der Waals surface area contributed by atoms with E-state index >= 15 is 0 Å². The SMILES string of the molecule is COc1cc(C(=O)OCC(=O)N(C)[C@@H](C)c2ccccc2)cc(Cl)c1OC(C)C. The third kappa shape index (κ3) is 5.87. The minimum Gasteiger partial charge on any atom is -0.493 e. The van der Waals surface area contributed by atoms with E-state index in [4.69, 9.17) is 25.8 Å². The Bertz CT molecular complexity index is 854. The third-order valence-corrected chi connectivity index (χ3v) is 4.68. The van der Waals surface area contributed by atoms with E-state index in [0.29, 0.717) is 11.5 Å². The molecule has 0 heterocycles. The fraction of sp³-hybridized carbons (Fsp3) is 0.364. The van der Waals surface area contributed by atoms with Crippen LogP contribution in [0.2, 0.25) is 5.02 Å². The maximum absolute atomic E-state index is 12.4. The zero-order valence-electron chi connectivity index (χ0n) is 17.3. The van der Waals surface area contributed by atoms with E-state index in [1.807, 2.05) is 51.1 Å². The summed E-state index contributed by atoms with van der Waals surface area (Å²) in [5.74, 6) is -0.310. The van der Waals surface area contributed by atoms with E-state index in [-0.39, 0.29) is 35.2 Å². The Kier molecular flexibility index (Phi) is 7.91. The summed E-state index contributed by atoms with van der Waals surface area (Å²) < 4.78 is 16.1. The first-order valence-corrected chi connectivity index (χ1v) is 9.64. The predicted molar refractivity (Wildman–Crippen MR) is 112 cm³/mol. The quantitative estimate of drug-likeness (QED) is 0.589. The number of rotatable bonds is 8. The van der Waals surface area contributed by atoms with E-state index in [1.54, 1.807) is 7.05 Å². The van der Waals surface area contributed by atoms with Gasteiger partial charge >= 0.3 is 5.97 Å². The highest BCUT2D eigenvalue weighted by Crippen LogP contribution is 2.37. The molecule has 0 aliphatic carbocycles. The van der Waals surface area contributed by atoms with Crippen LogP contribution in [-0.2, 0) is 9.53 Å². The molecule has 0 saturated heterocycles. The molecule has 2 aromatic carbocycles. The summed E-state index contributed by atoms with van der Waals surface area (Å²) >= 11 is 6.24. The van der Waals surface area contributed by atoms with E-state index < -0.39 is 5.97 Å². The average Bonchev–Trinajstić information content (AvgIpc) is 2.72. The summed E-state index contributed by atoms with van der Waals surface area (Å²) in [6.45, 7) is 5.25. The second-order valence-corrected chi connectivity index (χ2v) is 7.23. The van der Waals surface area contributed by atoms with Crippen LogP contribution in [0.15, 0.2) is 42.5 Å². The number of amides is 1. The van der Waals surface area contributed by atoms with Crippen LogP contribution in [0.5, 0.6) is 11.5 Å². The zero-order valence-corrected chi connectivity index (χ0v) is 18.0. The fourth-order valence-electron chi connectivity index (χ4n) is 2.67. The topological polar surface area (TPSA) is 65.1 Å². The number of halogens is 1. The summed E-state index contributed by atoms with van der Waals surface area (Å²) in [7, 11) is 3.13. The van der Waals surface area contributed by atoms with Crippen molar-refractivity contribution in [2.75, 3.05) is 20.8 Å². The van der Waals surface area contributed by atoms with Crippen molar-refractivity contribution < 1.29 is 23.8 Å². The smallest absolute Gasteiger partial charge is 0.338 e. The van der Waals surface area contributed by atoms with E-state index in [1.165, 1.54) is 24.1 Å². The molecule has 6 nitrogen and oxygen atoms in total. The number of methoxy groups -OCH3 is 1. The number of hydrogen-bond donors (Lipinski definition) is 0. The molecule has 0 bridgehead atoms. The lowest BCUT2D eigenvalue weighted by molar-refractivity contribution is -0.135. The highest BCUT2D eigenvalue weighted by molar-refractivity contribution is 6.32. The van der Waals surface area contributed by atoms with Gasteiger partial charge in [0.05, 0.1) is 29.8 Å². The van der Waals surface area contributed by atoms with Crippen LogP contribution in [0.1, 0.15) is 42.7 Å². The summed E-state index contributed by atoms with van der Waals surface area (Å²) in [6, 6.07) is 12.4. The number of hydrogen-bond acceptors (Lipinski definition) is 5. The fourth-order valence-corrected chi connectivity index (χ4v) is 2.93. The first kappa shape index (κ1) is 22.6. The van der Waals surface area contributed by atoms with Gasteiger partial charge in [-0.3, -0.25) is 4.79 Å². The number of likely N-dealkylation sites (N-methyl/N-ethyl adjacent to an activating group) is 1. The number of carbonyl (C=O) groups is 2. The zero-order chi connectivity index (χ0) is 21.6. The lowest BCUT2D eigenvalue weighted by Gasteiger charge is -2.25. The van der Waals surface area contributed by atoms with Gasteiger partial charge in [-0.25, -0.2) is 4.79 Å². The molecule has 1 amide bonds. The first-order valence-electron chi connectivity index (χ1n) is 9.26. The molecule has 1 atom stereocenters. The average molecular weight is 420 g/mol. The summed E-state index contributed by atoms with van der Waals surface area (Å²) in [5.41, 5.74) is 1.17. The van der Waals surface area contributed by atoms with Gasteiger partial charge in [0.15, 0.2) is 18.1 Å². The Balaban J connectivity index is 2.04. The van der Waals surface area contributed by atoms with Gasteiger partial charge in [-0.2, -0.15) is 0 Å². The molecular weight excluding hydrogens is 394 g/mol. The van der Waals surface area contributed by atoms with Crippen molar-refractivity contribution in [2.24, 2.45) is 0 Å². The molecule has 0 saturated carbocycles. The molecule has 0 fully saturated rings. The maximum atomic E-state index is 12.4. The number of ether oxygens (including phenoxy) is 3. The molecule has 0 aromatic heterocycles. The van der Waals surface area contributed by atoms with Crippen molar-refractivity contribution in [3.8, 4) is 11.5 Å². The standard InChI is InChI=1S/C22H26ClNO5/c1-14(2)29-21-18(23)11-17(12-19(21)27-5)22(26)28-13-20(25)24(4)15(3)16-9-7-6-8-10-16/h6-12,14-15H,13H2,1-5H3/t15-/m0/s1. The van der Waals surface area contributed by atoms with Gasteiger partial charge < -0.3 is 19.1 Å². The molecule has 0 aliphatic rings. The monoisotopic (exact) mass is 419 g/mol. The van der Waals surface area contributed by atoms with Crippen molar-refractivity contribution in [1.82, 2.24) is 4.90 Å². The van der Waals surface area contributed by atoms with Gasteiger partial charge in [-0.1, -0.05) is 41.9 Å². The van der Waals surface area contributed by atoms with Gasteiger partial charge in [0.25, 0.3) is 5.91 Å². The molecule has 0 radical (unpaired) electrons. The van der Waals surface area contributed by atoms with Crippen LogP contribution in [-0.4, -0.2) is 43.6 Å². The Hall–Kier alpha value is -2.73. The summed E-state index contributed by atoms with van der Waals surface area (Å²) in [4.78, 5) is 26.4. The van der Waals surface area contributed by atoms with Crippen LogP contribution < -0.4 is 9.47 Å². The van der Waals surface area contributed by atoms with Crippen LogP contribution in [0.25, 0.3) is 0 Å². The molecule has 29 heavy (non-hydrogen) atoms. The highest BCUT2D eigenvalue weighted by Gasteiger charge is 2.21. The van der Waals surface area contributed by atoms with Crippen LogP contribution in [0.4, 0.5) is 0 Å². The van der Waals surface area contributed by atoms with Crippen molar-refractivity contribution in [1.29, 1.82) is 0 Å². The molecular formula is C22H26ClNO5. The number of carbonyl (C=O) groups excluding carboxylic acids is 2. The Morgan fingerprint density at radius 3 is 2.34 bits per heavy atom. The van der Waals surface area contributed by atoms with Crippen LogP contribution >= 0.6 is 11.6 Å².